The number of halogens is 1. The zero-order valence-corrected chi connectivity index (χ0v) is 18.4. The van der Waals surface area contributed by atoms with Crippen LogP contribution in [0.2, 0.25) is 5.02 Å². The highest BCUT2D eigenvalue weighted by Gasteiger charge is 2.15. The van der Waals surface area contributed by atoms with Gasteiger partial charge < -0.3 is 10.1 Å². The van der Waals surface area contributed by atoms with E-state index in [1.165, 1.54) is 11.8 Å². The summed E-state index contributed by atoms with van der Waals surface area (Å²) in [4.78, 5) is 24.1. The Bertz CT molecular complexity index is 1080. The fourth-order valence-electron chi connectivity index (χ4n) is 2.76. The first kappa shape index (κ1) is 22.6. The minimum atomic E-state index is -0.395. The van der Waals surface area contributed by atoms with Crippen molar-refractivity contribution < 1.29 is 14.3 Å². The van der Waals surface area contributed by atoms with E-state index < -0.39 is 5.97 Å². The lowest BCUT2D eigenvalue weighted by Gasteiger charge is -2.09. The molecule has 1 amide bonds. The van der Waals surface area contributed by atoms with Gasteiger partial charge in [0.2, 0.25) is 5.91 Å². The van der Waals surface area contributed by atoms with Crippen molar-refractivity contribution in [1.29, 1.82) is 0 Å². The van der Waals surface area contributed by atoms with Gasteiger partial charge in [0.1, 0.15) is 0 Å². The number of nitrogens with one attached hydrogen (secondary N) is 1. The Balaban J connectivity index is 1.65. The monoisotopic (exact) mass is 456 g/mol. The van der Waals surface area contributed by atoms with Gasteiger partial charge in [-0.15, -0.1) is 16.8 Å². The number of allylic oxidation sites excluding steroid dienone is 1. The van der Waals surface area contributed by atoms with E-state index in [2.05, 4.69) is 22.1 Å². The number of esters is 1. The predicted molar refractivity (Wildman–Crippen MR) is 122 cm³/mol. The van der Waals surface area contributed by atoms with Gasteiger partial charge in [-0.05, 0) is 43.3 Å². The third-order valence-corrected chi connectivity index (χ3v) is 5.33. The first-order valence-electron chi connectivity index (χ1n) is 9.51. The molecule has 160 valence electrons. The zero-order valence-electron chi connectivity index (χ0n) is 16.9. The Morgan fingerprint density at radius 2 is 2.00 bits per heavy atom. The SMILES string of the molecule is C=CCn1c(SCC(=O)Nc2ccc(C(=O)OCC)cc2)nnc1-c1cccc(Cl)c1. The van der Waals surface area contributed by atoms with Crippen LogP contribution in [0.3, 0.4) is 0 Å². The summed E-state index contributed by atoms with van der Waals surface area (Å²) in [5, 5.41) is 12.5. The molecule has 0 aliphatic heterocycles. The van der Waals surface area contributed by atoms with Crippen LogP contribution in [0, 0.1) is 0 Å². The highest BCUT2D eigenvalue weighted by molar-refractivity contribution is 7.99. The smallest absolute Gasteiger partial charge is 0.338 e. The standard InChI is InChI=1S/C22H21ClN4O3S/c1-3-12-27-20(16-6-5-7-17(23)13-16)25-26-22(27)31-14-19(28)24-18-10-8-15(9-11-18)21(29)30-4-2/h3,5-11,13H,1,4,12,14H2,2H3,(H,24,28). The molecule has 0 bridgehead atoms. The molecular formula is C22H21ClN4O3S. The van der Waals surface area contributed by atoms with Gasteiger partial charge in [0.05, 0.1) is 17.9 Å². The van der Waals surface area contributed by atoms with Crippen molar-refractivity contribution in [2.24, 2.45) is 0 Å². The van der Waals surface area contributed by atoms with Crippen LogP contribution in [0.4, 0.5) is 5.69 Å². The molecule has 0 spiro atoms. The molecule has 1 heterocycles. The summed E-state index contributed by atoms with van der Waals surface area (Å²) < 4.78 is 6.83. The number of thioether (sulfide) groups is 1. The normalized spacial score (nSPS) is 10.5. The van der Waals surface area contributed by atoms with Gasteiger partial charge in [-0.25, -0.2) is 4.79 Å². The third-order valence-electron chi connectivity index (χ3n) is 4.12. The van der Waals surface area contributed by atoms with E-state index in [9.17, 15) is 9.59 Å². The van der Waals surface area contributed by atoms with Crippen molar-refractivity contribution in [1.82, 2.24) is 14.8 Å². The molecule has 1 N–H and O–H groups in total. The lowest BCUT2D eigenvalue weighted by molar-refractivity contribution is -0.113. The lowest BCUT2D eigenvalue weighted by Crippen LogP contribution is -2.15. The molecule has 31 heavy (non-hydrogen) atoms. The zero-order chi connectivity index (χ0) is 22.2. The summed E-state index contributed by atoms with van der Waals surface area (Å²) in [6.45, 7) is 6.34. The third kappa shape index (κ3) is 5.96. The van der Waals surface area contributed by atoms with E-state index in [0.717, 1.165) is 5.56 Å². The Kier molecular flexibility index (Phi) is 7.86. The van der Waals surface area contributed by atoms with Crippen molar-refractivity contribution >= 4 is 40.9 Å². The maximum Gasteiger partial charge on any atom is 0.338 e. The molecule has 1 aromatic heterocycles. The topological polar surface area (TPSA) is 86.1 Å². The van der Waals surface area contributed by atoms with E-state index in [1.54, 1.807) is 43.3 Å². The minimum absolute atomic E-state index is 0.143. The highest BCUT2D eigenvalue weighted by atomic mass is 35.5. The number of hydrogen-bond donors (Lipinski definition) is 1. The van der Waals surface area contributed by atoms with Crippen LogP contribution in [-0.4, -0.2) is 39.0 Å². The van der Waals surface area contributed by atoms with E-state index in [0.29, 0.717) is 40.4 Å². The first-order chi connectivity index (χ1) is 15.0. The van der Waals surface area contributed by atoms with Crippen molar-refractivity contribution in [2.75, 3.05) is 17.7 Å². The van der Waals surface area contributed by atoms with Gasteiger partial charge >= 0.3 is 5.97 Å². The van der Waals surface area contributed by atoms with Crippen LogP contribution in [-0.2, 0) is 16.1 Å². The predicted octanol–water partition coefficient (Wildman–Crippen LogP) is 4.69. The fourth-order valence-corrected chi connectivity index (χ4v) is 3.70. The molecular weight excluding hydrogens is 436 g/mol. The highest BCUT2D eigenvalue weighted by Crippen LogP contribution is 2.26. The van der Waals surface area contributed by atoms with Crippen LogP contribution in [0.15, 0.2) is 66.3 Å². The summed E-state index contributed by atoms with van der Waals surface area (Å²) in [5.74, 6) is 0.198. The number of ether oxygens (including phenoxy) is 1. The number of carbonyl (C=O) groups excluding carboxylic acids is 2. The van der Waals surface area contributed by atoms with Crippen LogP contribution in [0.5, 0.6) is 0 Å². The van der Waals surface area contributed by atoms with E-state index >= 15 is 0 Å². The molecule has 0 unspecified atom stereocenters. The quantitative estimate of drug-likeness (QED) is 0.285. The molecule has 0 saturated carbocycles. The summed E-state index contributed by atoms with van der Waals surface area (Å²) in [6.07, 6.45) is 1.74. The van der Waals surface area contributed by atoms with Gasteiger partial charge in [0.25, 0.3) is 0 Å². The second-order valence-electron chi connectivity index (χ2n) is 6.35. The number of carbonyl (C=O) groups is 2. The van der Waals surface area contributed by atoms with Gasteiger partial charge in [-0.2, -0.15) is 0 Å². The van der Waals surface area contributed by atoms with E-state index in [1.807, 2.05) is 22.8 Å². The molecule has 3 rings (SSSR count). The summed E-state index contributed by atoms with van der Waals surface area (Å²) in [7, 11) is 0. The van der Waals surface area contributed by atoms with Crippen molar-refractivity contribution in [3.05, 3.63) is 71.8 Å². The fraction of sp³-hybridized carbons (Fsp3) is 0.182. The van der Waals surface area contributed by atoms with Crippen LogP contribution in [0.25, 0.3) is 11.4 Å². The molecule has 0 atom stereocenters. The number of aromatic nitrogens is 3. The average molecular weight is 457 g/mol. The molecule has 0 saturated heterocycles. The molecule has 2 aromatic carbocycles. The number of anilines is 1. The van der Waals surface area contributed by atoms with Crippen molar-refractivity contribution in [2.45, 2.75) is 18.6 Å². The second-order valence-corrected chi connectivity index (χ2v) is 7.73. The number of amides is 1. The lowest BCUT2D eigenvalue weighted by atomic mass is 10.2. The molecule has 0 aliphatic carbocycles. The number of rotatable bonds is 9. The van der Waals surface area contributed by atoms with Crippen molar-refractivity contribution in [3.8, 4) is 11.4 Å². The van der Waals surface area contributed by atoms with Crippen LogP contribution >= 0.6 is 23.4 Å². The van der Waals surface area contributed by atoms with Gasteiger partial charge in [0, 0.05) is 22.8 Å². The Morgan fingerprint density at radius 1 is 1.23 bits per heavy atom. The van der Waals surface area contributed by atoms with E-state index in [4.69, 9.17) is 16.3 Å². The van der Waals surface area contributed by atoms with Gasteiger partial charge in [-0.1, -0.05) is 41.6 Å². The summed E-state index contributed by atoms with van der Waals surface area (Å²) >= 11 is 7.36. The first-order valence-corrected chi connectivity index (χ1v) is 10.9. The van der Waals surface area contributed by atoms with Gasteiger partial charge in [-0.3, -0.25) is 9.36 Å². The minimum Gasteiger partial charge on any atom is -0.462 e. The Labute approximate surface area is 189 Å². The summed E-state index contributed by atoms with van der Waals surface area (Å²) in [5.41, 5.74) is 1.85. The summed E-state index contributed by atoms with van der Waals surface area (Å²) in [6, 6.07) is 13.9. The number of nitrogens with zero attached hydrogens (tertiary/aromatic N) is 3. The average Bonchev–Trinajstić information content (AvgIpc) is 3.16. The Morgan fingerprint density at radius 3 is 2.68 bits per heavy atom. The van der Waals surface area contributed by atoms with Crippen LogP contribution < -0.4 is 5.32 Å². The molecule has 0 radical (unpaired) electrons. The Hall–Kier alpha value is -3.10. The van der Waals surface area contributed by atoms with Crippen LogP contribution in [0.1, 0.15) is 17.3 Å². The maximum atomic E-state index is 12.4. The van der Waals surface area contributed by atoms with Gasteiger partial charge in [0.15, 0.2) is 11.0 Å². The largest absolute Gasteiger partial charge is 0.462 e. The molecule has 7 nitrogen and oxygen atoms in total. The number of hydrogen-bond acceptors (Lipinski definition) is 6. The van der Waals surface area contributed by atoms with E-state index in [-0.39, 0.29) is 11.7 Å². The maximum absolute atomic E-state index is 12.4. The van der Waals surface area contributed by atoms with Crippen molar-refractivity contribution in [3.63, 3.8) is 0 Å². The molecule has 3 aromatic rings. The molecule has 9 heteroatoms. The molecule has 0 fully saturated rings. The number of benzene rings is 2. The molecule has 0 aliphatic rings. The second kappa shape index (κ2) is 10.8.